The molecule has 0 unspecified atom stereocenters. The Bertz CT molecular complexity index is 912. The third-order valence-corrected chi connectivity index (χ3v) is 3.80. The average Bonchev–Trinajstić information content (AvgIpc) is 2.61. The van der Waals surface area contributed by atoms with Gasteiger partial charge in [0.05, 0.1) is 19.9 Å². The van der Waals surface area contributed by atoms with Gasteiger partial charge in [0, 0.05) is 17.8 Å². The van der Waals surface area contributed by atoms with Crippen LogP contribution in [0, 0.1) is 13.8 Å². The molecule has 0 aliphatic rings. The minimum atomic E-state index is 0.664. The topological polar surface area (TPSA) is 68.3 Å². The van der Waals surface area contributed by atoms with Gasteiger partial charge in [0.25, 0.3) is 0 Å². The molecule has 6 nitrogen and oxygen atoms in total. The maximum absolute atomic E-state index is 5.43. The second-order valence-electron chi connectivity index (χ2n) is 5.87. The Labute approximate surface area is 153 Å². The predicted molar refractivity (Wildman–Crippen MR) is 104 cm³/mol. The van der Waals surface area contributed by atoms with Crippen molar-refractivity contribution in [3.8, 4) is 11.5 Å². The summed E-state index contributed by atoms with van der Waals surface area (Å²) in [6, 6.07) is 15.6. The van der Waals surface area contributed by atoms with Crippen molar-refractivity contribution in [1.29, 1.82) is 0 Å². The van der Waals surface area contributed by atoms with E-state index in [1.807, 2.05) is 43.3 Å². The monoisotopic (exact) mass is 350 g/mol. The largest absolute Gasteiger partial charge is 0.497 e. The third-order valence-electron chi connectivity index (χ3n) is 3.80. The Morgan fingerprint density at radius 3 is 2.27 bits per heavy atom. The number of nitrogens with zero attached hydrogens (tertiary/aromatic N) is 2. The molecule has 134 valence electrons. The summed E-state index contributed by atoms with van der Waals surface area (Å²) in [5, 5.41) is 6.60. The number of aryl methyl sites for hydroxylation is 2. The van der Waals surface area contributed by atoms with Gasteiger partial charge in [-0.25, -0.2) is 9.97 Å². The van der Waals surface area contributed by atoms with E-state index in [1.54, 1.807) is 14.2 Å². The number of methoxy groups -OCH3 is 2. The Morgan fingerprint density at radius 1 is 0.808 bits per heavy atom. The number of nitrogens with one attached hydrogen (secondary N) is 2. The predicted octanol–water partition coefficient (Wildman–Crippen LogP) is 4.60. The zero-order chi connectivity index (χ0) is 18.5. The van der Waals surface area contributed by atoms with Crippen molar-refractivity contribution in [2.75, 3.05) is 24.9 Å². The molecule has 0 amide bonds. The SMILES string of the molecule is COc1ccc(Nc2cc(Nc3cccc(C)c3)nc(C)n2)c(OC)c1. The first-order chi connectivity index (χ1) is 12.6. The van der Waals surface area contributed by atoms with Gasteiger partial charge in [-0.15, -0.1) is 0 Å². The number of ether oxygens (including phenoxy) is 2. The molecular formula is C20H22N4O2. The molecule has 0 aliphatic carbocycles. The molecule has 26 heavy (non-hydrogen) atoms. The molecule has 6 heteroatoms. The fourth-order valence-electron chi connectivity index (χ4n) is 2.61. The molecule has 0 radical (unpaired) electrons. The van der Waals surface area contributed by atoms with E-state index in [1.165, 1.54) is 5.56 Å². The number of hydrogen-bond donors (Lipinski definition) is 2. The second kappa shape index (κ2) is 7.74. The Hall–Kier alpha value is -3.28. The van der Waals surface area contributed by atoms with Gasteiger partial charge >= 0.3 is 0 Å². The molecular weight excluding hydrogens is 328 g/mol. The van der Waals surface area contributed by atoms with Crippen LogP contribution in [0.2, 0.25) is 0 Å². The Kier molecular flexibility index (Phi) is 5.22. The van der Waals surface area contributed by atoms with Gasteiger partial charge in [-0.3, -0.25) is 0 Å². The van der Waals surface area contributed by atoms with Crippen LogP contribution < -0.4 is 20.1 Å². The van der Waals surface area contributed by atoms with Crippen LogP contribution in [0.3, 0.4) is 0 Å². The highest BCUT2D eigenvalue weighted by Gasteiger charge is 2.08. The number of anilines is 4. The van der Waals surface area contributed by atoms with E-state index in [0.29, 0.717) is 17.4 Å². The van der Waals surface area contributed by atoms with E-state index in [9.17, 15) is 0 Å². The molecule has 0 saturated heterocycles. The van der Waals surface area contributed by atoms with Gasteiger partial charge in [-0.05, 0) is 43.7 Å². The molecule has 0 saturated carbocycles. The number of aromatic nitrogens is 2. The lowest BCUT2D eigenvalue weighted by Gasteiger charge is -2.13. The van der Waals surface area contributed by atoms with Gasteiger partial charge in [0.15, 0.2) is 0 Å². The van der Waals surface area contributed by atoms with Crippen molar-refractivity contribution in [3.05, 3.63) is 59.9 Å². The Balaban J connectivity index is 1.86. The lowest BCUT2D eigenvalue weighted by Crippen LogP contribution is -2.02. The van der Waals surface area contributed by atoms with Crippen LogP contribution in [0.25, 0.3) is 0 Å². The first kappa shape index (κ1) is 17.5. The van der Waals surface area contributed by atoms with Crippen LogP contribution in [0.15, 0.2) is 48.5 Å². The molecule has 0 bridgehead atoms. The molecule has 0 atom stereocenters. The van der Waals surface area contributed by atoms with Crippen molar-refractivity contribution >= 4 is 23.0 Å². The lowest BCUT2D eigenvalue weighted by molar-refractivity contribution is 0.395. The van der Waals surface area contributed by atoms with E-state index >= 15 is 0 Å². The average molecular weight is 350 g/mol. The standard InChI is InChI=1S/C20H22N4O2/c1-13-6-5-7-15(10-13)23-19-12-20(22-14(2)21-19)24-17-9-8-16(25-3)11-18(17)26-4/h5-12H,1-4H3,(H2,21,22,23,24). The molecule has 1 heterocycles. The van der Waals surface area contributed by atoms with E-state index in [0.717, 1.165) is 22.9 Å². The maximum atomic E-state index is 5.43. The number of hydrogen-bond acceptors (Lipinski definition) is 6. The zero-order valence-electron chi connectivity index (χ0n) is 15.3. The molecule has 2 N–H and O–H groups in total. The summed E-state index contributed by atoms with van der Waals surface area (Å²) in [5.41, 5.74) is 2.96. The Morgan fingerprint density at radius 2 is 1.58 bits per heavy atom. The molecule has 0 spiro atoms. The fourth-order valence-corrected chi connectivity index (χ4v) is 2.61. The fraction of sp³-hybridized carbons (Fsp3) is 0.200. The van der Waals surface area contributed by atoms with E-state index in [2.05, 4.69) is 39.7 Å². The van der Waals surface area contributed by atoms with Gasteiger partial charge < -0.3 is 20.1 Å². The van der Waals surface area contributed by atoms with Gasteiger partial charge in [0.1, 0.15) is 29.0 Å². The highest BCUT2D eigenvalue weighted by atomic mass is 16.5. The van der Waals surface area contributed by atoms with Crippen LogP contribution in [0.4, 0.5) is 23.0 Å². The summed E-state index contributed by atoms with van der Waals surface area (Å²) in [6.07, 6.45) is 0. The highest BCUT2D eigenvalue weighted by molar-refractivity contribution is 5.68. The van der Waals surface area contributed by atoms with Crippen LogP contribution in [0.1, 0.15) is 11.4 Å². The molecule has 0 fully saturated rings. The maximum Gasteiger partial charge on any atom is 0.146 e. The van der Waals surface area contributed by atoms with Crippen LogP contribution >= 0.6 is 0 Å². The van der Waals surface area contributed by atoms with E-state index in [-0.39, 0.29) is 0 Å². The van der Waals surface area contributed by atoms with Crippen molar-refractivity contribution in [3.63, 3.8) is 0 Å². The summed E-state index contributed by atoms with van der Waals surface area (Å²) in [5.74, 6) is 3.47. The smallest absolute Gasteiger partial charge is 0.146 e. The molecule has 0 aliphatic heterocycles. The molecule has 2 aromatic carbocycles. The van der Waals surface area contributed by atoms with E-state index < -0.39 is 0 Å². The summed E-state index contributed by atoms with van der Waals surface area (Å²) in [4.78, 5) is 8.91. The third kappa shape index (κ3) is 4.22. The molecule has 3 aromatic rings. The minimum Gasteiger partial charge on any atom is -0.497 e. The van der Waals surface area contributed by atoms with Gasteiger partial charge in [-0.1, -0.05) is 12.1 Å². The molecule has 3 rings (SSSR count). The van der Waals surface area contributed by atoms with Crippen LogP contribution in [-0.2, 0) is 0 Å². The van der Waals surface area contributed by atoms with Crippen molar-refractivity contribution < 1.29 is 9.47 Å². The van der Waals surface area contributed by atoms with Gasteiger partial charge in [0.2, 0.25) is 0 Å². The normalized spacial score (nSPS) is 10.3. The summed E-state index contributed by atoms with van der Waals surface area (Å²) in [6.45, 7) is 3.91. The first-order valence-corrected chi connectivity index (χ1v) is 8.26. The van der Waals surface area contributed by atoms with Gasteiger partial charge in [-0.2, -0.15) is 0 Å². The van der Waals surface area contributed by atoms with Crippen molar-refractivity contribution in [2.24, 2.45) is 0 Å². The summed E-state index contributed by atoms with van der Waals surface area (Å²) < 4.78 is 10.7. The van der Waals surface area contributed by atoms with Crippen molar-refractivity contribution in [2.45, 2.75) is 13.8 Å². The van der Waals surface area contributed by atoms with Crippen molar-refractivity contribution in [1.82, 2.24) is 9.97 Å². The minimum absolute atomic E-state index is 0.664. The van der Waals surface area contributed by atoms with Crippen LogP contribution in [0.5, 0.6) is 11.5 Å². The first-order valence-electron chi connectivity index (χ1n) is 8.26. The summed E-state index contributed by atoms with van der Waals surface area (Å²) >= 11 is 0. The summed E-state index contributed by atoms with van der Waals surface area (Å²) in [7, 11) is 3.24. The number of rotatable bonds is 6. The van der Waals surface area contributed by atoms with E-state index in [4.69, 9.17) is 9.47 Å². The van der Waals surface area contributed by atoms with Crippen LogP contribution in [-0.4, -0.2) is 24.2 Å². The molecule has 1 aromatic heterocycles. The quantitative estimate of drug-likeness (QED) is 0.677. The highest BCUT2D eigenvalue weighted by Crippen LogP contribution is 2.31. The number of benzene rings is 2. The lowest BCUT2D eigenvalue weighted by atomic mass is 10.2. The second-order valence-corrected chi connectivity index (χ2v) is 5.87. The zero-order valence-corrected chi connectivity index (χ0v) is 15.3.